The first-order valence-electron chi connectivity index (χ1n) is 19.1. The zero-order chi connectivity index (χ0) is 36.5. The number of hydrogen-bond donors (Lipinski definition) is 0. The second-order valence-electron chi connectivity index (χ2n) is 12.8. The lowest BCUT2D eigenvalue weighted by Gasteiger charge is -2.22. The molecule has 0 nitrogen and oxygen atoms in total. The zero-order valence-corrected chi connectivity index (χ0v) is 34.6. The van der Waals surface area contributed by atoms with Crippen LogP contribution in [0.3, 0.4) is 0 Å². The van der Waals surface area contributed by atoms with Crippen molar-refractivity contribution in [1.82, 2.24) is 0 Å². The molecule has 0 amide bonds. The van der Waals surface area contributed by atoms with E-state index in [1.807, 2.05) is 19.3 Å². The minimum atomic E-state index is 0.835. The molecular weight excluding hydrogens is 585 g/mol. The summed E-state index contributed by atoms with van der Waals surface area (Å²) in [6.07, 6.45) is 34.2. The summed E-state index contributed by atoms with van der Waals surface area (Å²) in [5, 5.41) is 1.88. The van der Waals surface area contributed by atoms with Crippen LogP contribution in [-0.2, 0) is 0 Å². The molecule has 1 saturated carbocycles. The van der Waals surface area contributed by atoms with E-state index in [0.717, 1.165) is 24.2 Å². The summed E-state index contributed by atoms with van der Waals surface area (Å²) in [4.78, 5) is 0. The van der Waals surface area contributed by atoms with E-state index in [0.29, 0.717) is 0 Å². The number of thioether (sulfide) groups is 1. The van der Waals surface area contributed by atoms with Crippen LogP contribution < -0.4 is 0 Å². The SMILES string of the molecule is C=CSCCC.C=C\C(=C/C(=C/C=C\C)C\C=C(C)/C(C)=C(C)\C(\C=C/C)=C\C)CC1CCCCC1.CC.CCC(CC)CC(C)C. The minimum absolute atomic E-state index is 0.835. The summed E-state index contributed by atoms with van der Waals surface area (Å²) >= 11 is 1.77. The van der Waals surface area contributed by atoms with Crippen LogP contribution in [0.4, 0.5) is 0 Å². The van der Waals surface area contributed by atoms with E-state index >= 15 is 0 Å². The van der Waals surface area contributed by atoms with Crippen molar-refractivity contribution in [2.75, 3.05) is 5.75 Å². The Balaban J connectivity index is -0.000000933. The van der Waals surface area contributed by atoms with Crippen molar-refractivity contribution in [2.24, 2.45) is 17.8 Å². The molecule has 1 heteroatoms. The fourth-order valence-corrected chi connectivity index (χ4v) is 6.00. The largest absolute Gasteiger partial charge is 0.135 e. The third kappa shape index (κ3) is 27.6. The van der Waals surface area contributed by atoms with Crippen LogP contribution in [0.15, 0.2) is 107 Å². The van der Waals surface area contributed by atoms with E-state index in [2.05, 4.69) is 144 Å². The van der Waals surface area contributed by atoms with Crippen molar-refractivity contribution in [3.8, 4) is 0 Å². The molecule has 1 aliphatic carbocycles. The van der Waals surface area contributed by atoms with E-state index in [9.17, 15) is 0 Å². The fourth-order valence-electron chi connectivity index (χ4n) is 5.60. The highest BCUT2D eigenvalue weighted by Gasteiger charge is 2.14. The summed E-state index contributed by atoms with van der Waals surface area (Å²) in [5.41, 5.74) is 8.10. The van der Waals surface area contributed by atoms with Gasteiger partial charge in [0.05, 0.1) is 0 Å². The highest BCUT2D eigenvalue weighted by atomic mass is 32.2. The van der Waals surface area contributed by atoms with Gasteiger partial charge < -0.3 is 0 Å². The van der Waals surface area contributed by atoms with Crippen LogP contribution in [0.25, 0.3) is 0 Å². The van der Waals surface area contributed by atoms with Gasteiger partial charge in [0.25, 0.3) is 0 Å². The first-order chi connectivity index (χ1) is 22.6. The summed E-state index contributed by atoms with van der Waals surface area (Å²) in [5.74, 6) is 3.91. The third-order valence-corrected chi connectivity index (χ3v) is 9.55. The highest BCUT2D eigenvalue weighted by Crippen LogP contribution is 2.30. The van der Waals surface area contributed by atoms with E-state index in [-0.39, 0.29) is 0 Å². The lowest BCUT2D eigenvalue weighted by Crippen LogP contribution is -2.06. The van der Waals surface area contributed by atoms with Crippen molar-refractivity contribution in [1.29, 1.82) is 0 Å². The topological polar surface area (TPSA) is 0 Å². The van der Waals surface area contributed by atoms with Crippen molar-refractivity contribution in [2.45, 2.75) is 161 Å². The fraction of sp³-hybridized carbons (Fsp3) is 0.609. The molecule has 0 atom stereocenters. The molecule has 1 rings (SSSR count). The van der Waals surface area contributed by atoms with Gasteiger partial charge in [-0.25, -0.2) is 0 Å². The van der Waals surface area contributed by atoms with Gasteiger partial charge in [-0.3, -0.25) is 0 Å². The molecular formula is C46H80S. The molecule has 0 aromatic rings. The van der Waals surface area contributed by atoms with Gasteiger partial charge in [0.2, 0.25) is 0 Å². The van der Waals surface area contributed by atoms with Gasteiger partial charge in [0.15, 0.2) is 0 Å². The Hall–Kier alpha value is -1.99. The third-order valence-electron chi connectivity index (χ3n) is 8.67. The second kappa shape index (κ2) is 35.3. The van der Waals surface area contributed by atoms with E-state index in [1.165, 1.54) is 103 Å². The van der Waals surface area contributed by atoms with Gasteiger partial charge in [-0.05, 0) is 124 Å². The van der Waals surface area contributed by atoms with Crippen molar-refractivity contribution >= 4 is 11.8 Å². The normalized spacial score (nSPS) is 15.5. The molecule has 0 N–H and O–H groups in total. The number of allylic oxidation sites excluding steroid dienone is 15. The first-order valence-corrected chi connectivity index (χ1v) is 20.1. The quantitative estimate of drug-likeness (QED) is 0.110. The zero-order valence-electron chi connectivity index (χ0n) is 33.8. The average Bonchev–Trinajstić information content (AvgIpc) is 3.10. The van der Waals surface area contributed by atoms with Crippen LogP contribution in [0.2, 0.25) is 0 Å². The molecule has 0 aromatic carbocycles. The predicted octanol–water partition coefficient (Wildman–Crippen LogP) is 16.5. The molecule has 0 radical (unpaired) electrons. The lowest BCUT2D eigenvalue weighted by atomic mass is 9.84. The molecule has 0 saturated heterocycles. The highest BCUT2D eigenvalue weighted by molar-refractivity contribution is 8.02. The predicted molar refractivity (Wildman–Crippen MR) is 226 cm³/mol. The van der Waals surface area contributed by atoms with Crippen LogP contribution >= 0.6 is 11.8 Å². The van der Waals surface area contributed by atoms with Crippen LogP contribution in [0, 0.1) is 17.8 Å². The summed E-state index contributed by atoms with van der Waals surface area (Å²) in [6, 6.07) is 0. The smallest absolute Gasteiger partial charge is 0.00288 e. The molecule has 1 fully saturated rings. The van der Waals surface area contributed by atoms with Crippen LogP contribution in [0.5, 0.6) is 0 Å². The minimum Gasteiger partial charge on any atom is -0.135 e. The van der Waals surface area contributed by atoms with Gasteiger partial charge in [-0.1, -0.05) is 167 Å². The molecule has 0 aromatic heterocycles. The van der Waals surface area contributed by atoms with Gasteiger partial charge in [0.1, 0.15) is 0 Å². The maximum absolute atomic E-state index is 4.10. The van der Waals surface area contributed by atoms with Gasteiger partial charge in [0, 0.05) is 0 Å². The van der Waals surface area contributed by atoms with Crippen LogP contribution in [-0.4, -0.2) is 5.75 Å². The Bertz CT molecular complexity index is 978. The molecule has 47 heavy (non-hydrogen) atoms. The second-order valence-corrected chi connectivity index (χ2v) is 13.9. The first kappa shape index (κ1) is 49.4. The van der Waals surface area contributed by atoms with E-state index < -0.39 is 0 Å². The van der Waals surface area contributed by atoms with Gasteiger partial charge in [-0.15, -0.1) is 11.8 Å². The van der Waals surface area contributed by atoms with Crippen LogP contribution in [0.1, 0.15) is 161 Å². The lowest BCUT2D eigenvalue weighted by molar-refractivity contribution is 0.358. The van der Waals surface area contributed by atoms with Crippen molar-refractivity contribution in [3.05, 3.63) is 107 Å². The Morgan fingerprint density at radius 3 is 1.87 bits per heavy atom. The maximum Gasteiger partial charge on any atom is -0.00288 e. The monoisotopic (exact) mass is 665 g/mol. The standard InChI is InChI=1S/C30H44.C9H20.C5H10S.C2H6/c1-8-12-17-29(23-27(10-3)22-28-18-14-13-15-19-28)21-20-24(5)25(6)26(7)30(11-4)16-9-2;1-5-9(6-2)7-8(3)4;1-3-5-6-4-2;1-2/h8-12,16-17,20,23,28H,3,13-15,18-19,21-22H2,1-2,4-7H3;8-9H,5-7H2,1-4H3;4H,2-3,5H2,1H3;1-2H3/b12-8-,16-9-,24-20-,26-25-,27-23+,29-17+,30-11+;;;. The van der Waals surface area contributed by atoms with E-state index in [1.54, 1.807) is 11.8 Å². The van der Waals surface area contributed by atoms with Crippen molar-refractivity contribution < 1.29 is 0 Å². The molecule has 1 aliphatic rings. The van der Waals surface area contributed by atoms with E-state index in [4.69, 9.17) is 0 Å². The molecule has 0 aliphatic heterocycles. The molecule has 0 heterocycles. The Kier molecular flexibility index (Phi) is 37.1. The number of hydrogen-bond acceptors (Lipinski definition) is 1. The molecule has 0 spiro atoms. The van der Waals surface area contributed by atoms with Crippen molar-refractivity contribution in [3.63, 3.8) is 0 Å². The summed E-state index contributed by atoms with van der Waals surface area (Å²) < 4.78 is 0. The molecule has 0 unspecified atom stereocenters. The Morgan fingerprint density at radius 2 is 1.47 bits per heavy atom. The Labute approximate surface area is 301 Å². The Morgan fingerprint density at radius 1 is 0.851 bits per heavy atom. The van der Waals surface area contributed by atoms with Gasteiger partial charge >= 0.3 is 0 Å². The van der Waals surface area contributed by atoms with Gasteiger partial charge in [-0.2, -0.15) is 0 Å². The molecule has 270 valence electrons. The number of rotatable bonds is 17. The molecule has 0 bridgehead atoms. The maximum atomic E-state index is 4.10. The summed E-state index contributed by atoms with van der Waals surface area (Å²) in [7, 11) is 0. The summed E-state index contributed by atoms with van der Waals surface area (Å²) in [6.45, 7) is 36.0. The average molecular weight is 665 g/mol.